The fraction of sp³-hybridized carbons (Fsp3) is 0.222. The first kappa shape index (κ1) is 16.3. The molecule has 0 saturated carbocycles. The number of hydrogen-bond donors (Lipinski definition) is 1. The van der Waals surface area contributed by atoms with Crippen molar-refractivity contribution in [3.63, 3.8) is 0 Å². The smallest absolute Gasteiger partial charge is 0.312 e. The Hall–Kier alpha value is -2.57. The number of carbonyl (C=O) groups excluding carboxylic acids is 1. The summed E-state index contributed by atoms with van der Waals surface area (Å²) in [5.74, 6) is -0.934. The molecule has 0 saturated heterocycles. The maximum absolute atomic E-state index is 13.1. The summed E-state index contributed by atoms with van der Waals surface area (Å²) in [5.41, 5.74) is -0.788. The second-order valence-electron chi connectivity index (χ2n) is 5.92. The van der Waals surface area contributed by atoms with E-state index in [1.165, 1.54) is 31.2 Å². The van der Waals surface area contributed by atoms with E-state index in [0.29, 0.717) is 15.9 Å². The van der Waals surface area contributed by atoms with E-state index >= 15 is 0 Å². The number of Topliss-reactive ketones (excluding diaryl/α,β-unsaturated/α-hetero) is 1. The highest BCUT2D eigenvalue weighted by molar-refractivity contribution is 6.07. The molecule has 6 heteroatoms. The Balaban J connectivity index is 2.11. The molecule has 0 fully saturated rings. The third kappa shape index (κ3) is 2.31. The number of rotatable bonds is 3. The monoisotopic (exact) mass is 328 g/mol. The van der Waals surface area contributed by atoms with E-state index in [0.717, 1.165) is 5.06 Å². The molecular weight excluding hydrogens is 311 g/mol. The molecular formula is C18H17FN2O3. The second kappa shape index (κ2) is 5.81. The molecule has 124 valence electrons. The van der Waals surface area contributed by atoms with Gasteiger partial charge in [-0.3, -0.25) is 4.79 Å². The van der Waals surface area contributed by atoms with Gasteiger partial charge in [0.1, 0.15) is 11.9 Å². The number of benzene rings is 2. The van der Waals surface area contributed by atoms with E-state index in [2.05, 4.69) is 0 Å². The summed E-state index contributed by atoms with van der Waals surface area (Å²) in [6, 6.07) is 13.0. The van der Waals surface area contributed by atoms with Gasteiger partial charge in [0.25, 0.3) is 5.78 Å². The van der Waals surface area contributed by atoms with Gasteiger partial charge in [0.2, 0.25) is 5.71 Å². The van der Waals surface area contributed by atoms with E-state index in [9.17, 15) is 19.6 Å². The van der Waals surface area contributed by atoms with Crippen LogP contribution in [0.1, 0.15) is 29.8 Å². The third-order valence-electron chi connectivity index (χ3n) is 4.43. The van der Waals surface area contributed by atoms with Crippen LogP contribution in [-0.4, -0.2) is 38.2 Å². The normalized spacial score (nSPS) is 24.4. The van der Waals surface area contributed by atoms with Gasteiger partial charge in [-0.15, -0.1) is 5.06 Å². The number of hydroxylamine groups is 3. The highest BCUT2D eigenvalue weighted by Crippen LogP contribution is 2.31. The average Bonchev–Trinajstić information content (AvgIpc) is 2.78. The number of ketones is 1. The van der Waals surface area contributed by atoms with E-state index in [4.69, 9.17) is 0 Å². The summed E-state index contributed by atoms with van der Waals surface area (Å²) in [6.45, 7) is 3.00. The molecule has 0 radical (unpaired) electrons. The van der Waals surface area contributed by atoms with Gasteiger partial charge in [0, 0.05) is 18.1 Å². The zero-order valence-electron chi connectivity index (χ0n) is 13.3. The summed E-state index contributed by atoms with van der Waals surface area (Å²) < 4.78 is 13.6. The largest absolute Gasteiger partial charge is 0.622 e. The molecule has 24 heavy (non-hydrogen) atoms. The van der Waals surface area contributed by atoms with Crippen LogP contribution < -0.4 is 0 Å². The third-order valence-corrected chi connectivity index (χ3v) is 4.43. The van der Waals surface area contributed by atoms with E-state index in [1.807, 2.05) is 0 Å². The molecule has 0 aliphatic carbocycles. The van der Waals surface area contributed by atoms with Gasteiger partial charge >= 0.3 is 5.66 Å². The predicted octanol–water partition coefficient (Wildman–Crippen LogP) is 2.82. The van der Waals surface area contributed by atoms with Crippen molar-refractivity contribution in [1.82, 2.24) is 5.06 Å². The molecule has 0 spiro atoms. The molecule has 0 aromatic heterocycles. The van der Waals surface area contributed by atoms with E-state index in [1.54, 1.807) is 37.3 Å². The molecule has 0 bridgehead atoms. The number of carbonyl (C=O) groups is 1. The highest BCUT2D eigenvalue weighted by atomic mass is 19.1. The molecule has 2 atom stereocenters. The van der Waals surface area contributed by atoms with Crippen molar-refractivity contribution in [2.24, 2.45) is 0 Å². The van der Waals surface area contributed by atoms with Crippen molar-refractivity contribution in [3.8, 4) is 0 Å². The average molecular weight is 328 g/mol. The van der Waals surface area contributed by atoms with Gasteiger partial charge in [-0.25, -0.2) is 4.39 Å². The van der Waals surface area contributed by atoms with Crippen molar-refractivity contribution < 1.29 is 19.1 Å². The van der Waals surface area contributed by atoms with Crippen LogP contribution in [0.25, 0.3) is 0 Å². The lowest BCUT2D eigenvalue weighted by molar-refractivity contribution is -0.561. The first-order valence-corrected chi connectivity index (χ1v) is 7.55. The zero-order chi connectivity index (χ0) is 17.5. The van der Waals surface area contributed by atoms with Crippen LogP contribution in [0.5, 0.6) is 0 Å². The molecule has 0 unspecified atom stereocenters. The first-order valence-electron chi connectivity index (χ1n) is 7.55. The van der Waals surface area contributed by atoms with Crippen molar-refractivity contribution in [2.45, 2.75) is 25.6 Å². The Morgan fingerprint density at radius 3 is 2.38 bits per heavy atom. The van der Waals surface area contributed by atoms with Gasteiger partial charge in [0.15, 0.2) is 0 Å². The molecule has 5 nitrogen and oxygen atoms in total. The predicted molar refractivity (Wildman–Crippen MR) is 86.4 cm³/mol. The molecule has 2 aromatic carbocycles. The minimum Gasteiger partial charge on any atom is -0.622 e. The summed E-state index contributed by atoms with van der Waals surface area (Å²) in [7, 11) is 0. The van der Waals surface area contributed by atoms with Crippen molar-refractivity contribution >= 4 is 11.5 Å². The maximum atomic E-state index is 13.1. The van der Waals surface area contributed by atoms with E-state index < -0.39 is 23.3 Å². The van der Waals surface area contributed by atoms with Crippen LogP contribution in [0.2, 0.25) is 0 Å². The Kier molecular flexibility index (Phi) is 3.95. The standard InChI is InChI=1S/C18H17FN2O3/c1-12-16(13-8-10-15(19)11-9-13)21(24)18(2,20(12)23)17(22)14-6-4-3-5-7-14/h3-12,23H,1-2H3/t12-,18-/m1/s1. The van der Waals surface area contributed by atoms with Gasteiger partial charge in [-0.05, 0) is 31.2 Å². The van der Waals surface area contributed by atoms with Crippen molar-refractivity contribution in [1.29, 1.82) is 0 Å². The number of hydrogen-bond acceptors (Lipinski definition) is 4. The summed E-state index contributed by atoms with van der Waals surface area (Å²) in [5, 5.41) is 24.2. The van der Waals surface area contributed by atoms with Crippen molar-refractivity contribution in [2.75, 3.05) is 0 Å². The lowest BCUT2D eigenvalue weighted by Crippen LogP contribution is -2.54. The number of nitrogens with zero attached hydrogens (tertiary/aromatic N) is 2. The topological polar surface area (TPSA) is 66.6 Å². The van der Waals surface area contributed by atoms with Crippen LogP contribution in [0.3, 0.4) is 0 Å². The molecule has 1 aliphatic heterocycles. The lowest BCUT2D eigenvalue weighted by Gasteiger charge is -2.27. The molecule has 1 N–H and O–H groups in total. The van der Waals surface area contributed by atoms with Crippen LogP contribution >= 0.6 is 0 Å². The van der Waals surface area contributed by atoms with E-state index in [-0.39, 0.29) is 5.71 Å². The minimum absolute atomic E-state index is 0.212. The second-order valence-corrected chi connectivity index (χ2v) is 5.92. The Morgan fingerprint density at radius 2 is 1.79 bits per heavy atom. The molecule has 3 rings (SSSR count). The fourth-order valence-electron chi connectivity index (χ4n) is 3.03. The lowest BCUT2D eigenvalue weighted by atomic mass is 10.00. The number of halogens is 1. The molecule has 2 aromatic rings. The van der Waals surface area contributed by atoms with Crippen LogP contribution in [0, 0.1) is 11.0 Å². The summed E-state index contributed by atoms with van der Waals surface area (Å²) in [6.07, 6.45) is 0. The summed E-state index contributed by atoms with van der Waals surface area (Å²) in [4.78, 5) is 12.8. The minimum atomic E-state index is -1.79. The molecule has 1 heterocycles. The highest BCUT2D eigenvalue weighted by Gasteiger charge is 2.58. The fourth-order valence-corrected chi connectivity index (χ4v) is 3.03. The van der Waals surface area contributed by atoms with Gasteiger partial charge in [-0.2, -0.15) is 4.74 Å². The first-order chi connectivity index (χ1) is 11.4. The van der Waals surface area contributed by atoms with Gasteiger partial charge < -0.3 is 10.4 Å². The molecule has 0 amide bonds. The van der Waals surface area contributed by atoms with Crippen molar-refractivity contribution in [3.05, 3.63) is 76.7 Å². The van der Waals surface area contributed by atoms with Gasteiger partial charge in [-0.1, -0.05) is 30.3 Å². The quantitative estimate of drug-likeness (QED) is 0.534. The SMILES string of the molecule is C[C@@H]1C(c2ccc(F)cc2)=[N+]([O-])[C@](C)(C(=O)c2ccccc2)N1O. The Labute approximate surface area is 138 Å². The molecule has 1 aliphatic rings. The Bertz CT molecular complexity index is 805. The Morgan fingerprint density at radius 1 is 1.21 bits per heavy atom. The zero-order valence-corrected chi connectivity index (χ0v) is 13.3. The van der Waals surface area contributed by atoms with Crippen LogP contribution in [-0.2, 0) is 0 Å². The summed E-state index contributed by atoms with van der Waals surface area (Å²) >= 11 is 0. The van der Waals surface area contributed by atoms with Gasteiger partial charge in [0.05, 0.1) is 0 Å². The maximum Gasteiger partial charge on any atom is 0.312 e. The van der Waals surface area contributed by atoms with Crippen LogP contribution in [0.4, 0.5) is 4.39 Å². The van der Waals surface area contributed by atoms with Crippen LogP contribution in [0.15, 0.2) is 54.6 Å².